The second kappa shape index (κ2) is 5.99. The van der Waals surface area contributed by atoms with E-state index >= 15 is 0 Å². The Balaban J connectivity index is 2.50. The number of halogens is 1. The van der Waals surface area contributed by atoms with Crippen LogP contribution in [0, 0.1) is 11.5 Å². The molecule has 1 N–H and O–H groups in total. The highest BCUT2D eigenvalue weighted by Gasteiger charge is 2.09. The van der Waals surface area contributed by atoms with Crippen molar-refractivity contribution in [3.05, 3.63) is 58.4 Å². The van der Waals surface area contributed by atoms with E-state index in [-0.39, 0.29) is 11.1 Å². The molecule has 0 aliphatic heterocycles. The zero-order valence-electron chi connectivity index (χ0n) is 10.2. The van der Waals surface area contributed by atoms with Gasteiger partial charge in [-0.25, -0.2) is 9.78 Å². The van der Waals surface area contributed by atoms with Crippen molar-refractivity contribution in [2.45, 2.75) is 6.54 Å². The first-order chi connectivity index (χ1) is 9.61. The molecule has 6 nitrogen and oxygen atoms in total. The smallest absolute Gasteiger partial charge is 0.339 e. The van der Waals surface area contributed by atoms with Crippen molar-refractivity contribution >= 4 is 17.6 Å². The van der Waals surface area contributed by atoms with E-state index in [2.05, 4.69) is 9.98 Å². The lowest BCUT2D eigenvalue weighted by Gasteiger charge is -2.08. The van der Waals surface area contributed by atoms with E-state index in [0.717, 1.165) is 5.56 Å². The molecule has 2 aromatic rings. The van der Waals surface area contributed by atoms with E-state index in [1.165, 1.54) is 6.07 Å². The van der Waals surface area contributed by atoms with Gasteiger partial charge in [0.1, 0.15) is 10.7 Å². The molecule has 0 radical (unpaired) electrons. The van der Waals surface area contributed by atoms with E-state index in [9.17, 15) is 4.79 Å². The van der Waals surface area contributed by atoms with E-state index in [4.69, 9.17) is 22.0 Å². The van der Waals surface area contributed by atoms with Gasteiger partial charge in [-0.05, 0) is 23.8 Å². The Hall–Kier alpha value is -2.65. The molecule has 0 bridgehead atoms. The van der Waals surface area contributed by atoms with E-state index in [1.807, 2.05) is 0 Å². The third kappa shape index (κ3) is 3.02. The molecule has 0 aliphatic rings. The number of carboxylic acid groups (broad SMARTS) is 1. The summed E-state index contributed by atoms with van der Waals surface area (Å²) < 4.78 is 1.57. The van der Waals surface area contributed by atoms with Gasteiger partial charge in [-0.15, -0.1) is 0 Å². The van der Waals surface area contributed by atoms with Gasteiger partial charge in [0.25, 0.3) is 0 Å². The van der Waals surface area contributed by atoms with Crippen LogP contribution in [0.4, 0.5) is 0 Å². The van der Waals surface area contributed by atoms with Crippen molar-refractivity contribution in [2.24, 2.45) is 4.99 Å². The molecule has 0 aromatic carbocycles. The molecule has 0 fully saturated rings. The van der Waals surface area contributed by atoms with Crippen molar-refractivity contribution in [1.82, 2.24) is 9.55 Å². The van der Waals surface area contributed by atoms with Crippen molar-refractivity contribution in [3.8, 4) is 6.19 Å². The Morgan fingerprint density at radius 3 is 2.90 bits per heavy atom. The maximum atomic E-state index is 11.1. The predicted octanol–water partition coefficient (Wildman–Crippen LogP) is 1.66. The topological polar surface area (TPSA) is 91.3 Å². The molecule has 0 spiro atoms. The van der Waals surface area contributed by atoms with Gasteiger partial charge in [0.2, 0.25) is 6.19 Å². The van der Waals surface area contributed by atoms with Crippen LogP contribution in [0.2, 0.25) is 5.15 Å². The lowest BCUT2D eigenvalue weighted by atomic mass is 10.2. The summed E-state index contributed by atoms with van der Waals surface area (Å²) in [5.41, 5.74) is 0.879. The third-order valence-corrected chi connectivity index (χ3v) is 2.79. The van der Waals surface area contributed by atoms with Gasteiger partial charge in [0, 0.05) is 12.4 Å². The van der Waals surface area contributed by atoms with Gasteiger partial charge in [0.05, 0.1) is 6.54 Å². The first-order valence-corrected chi connectivity index (χ1v) is 5.95. The van der Waals surface area contributed by atoms with Crippen LogP contribution in [0.5, 0.6) is 0 Å². The number of aromatic nitrogens is 2. The van der Waals surface area contributed by atoms with Gasteiger partial charge in [-0.2, -0.15) is 10.3 Å². The van der Waals surface area contributed by atoms with Crippen LogP contribution in [0.15, 0.2) is 41.7 Å². The minimum absolute atomic E-state index is 0.0315. The van der Waals surface area contributed by atoms with Gasteiger partial charge >= 0.3 is 5.97 Å². The van der Waals surface area contributed by atoms with Crippen LogP contribution >= 0.6 is 11.6 Å². The summed E-state index contributed by atoms with van der Waals surface area (Å²) in [6, 6.07) is 6.39. The highest BCUT2D eigenvalue weighted by molar-refractivity contribution is 6.29. The fourth-order valence-electron chi connectivity index (χ4n) is 1.71. The SMILES string of the molecule is N#CN=c1c(C(=O)O)cccn1Cc1ccc(Cl)nc1. The summed E-state index contributed by atoms with van der Waals surface area (Å²) in [6.45, 7) is 0.339. The van der Waals surface area contributed by atoms with Gasteiger partial charge in [-0.1, -0.05) is 17.7 Å². The zero-order valence-corrected chi connectivity index (χ0v) is 10.9. The van der Waals surface area contributed by atoms with Crippen LogP contribution in [0.1, 0.15) is 15.9 Å². The van der Waals surface area contributed by atoms with Crippen molar-refractivity contribution < 1.29 is 9.90 Å². The van der Waals surface area contributed by atoms with E-state index in [0.29, 0.717) is 11.7 Å². The summed E-state index contributed by atoms with van der Waals surface area (Å²) in [5, 5.41) is 18.2. The number of pyridine rings is 2. The summed E-state index contributed by atoms with van der Waals surface area (Å²) >= 11 is 5.71. The first-order valence-electron chi connectivity index (χ1n) is 5.58. The third-order valence-electron chi connectivity index (χ3n) is 2.57. The number of nitrogens with zero attached hydrogens (tertiary/aromatic N) is 4. The van der Waals surface area contributed by atoms with Gasteiger partial charge in [-0.3, -0.25) is 0 Å². The average Bonchev–Trinajstić information content (AvgIpc) is 2.43. The normalized spacial score (nSPS) is 11.1. The molecule has 0 amide bonds. The number of hydrogen-bond donors (Lipinski definition) is 1. The second-order valence-electron chi connectivity index (χ2n) is 3.88. The second-order valence-corrected chi connectivity index (χ2v) is 4.27. The molecule has 0 saturated carbocycles. The van der Waals surface area contributed by atoms with Crippen LogP contribution < -0.4 is 5.49 Å². The number of hydrogen-bond acceptors (Lipinski definition) is 4. The highest BCUT2D eigenvalue weighted by Crippen LogP contribution is 2.06. The quantitative estimate of drug-likeness (QED) is 0.687. The number of carboxylic acids is 1. The summed E-state index contributed by atoms with van der Waals surface area (Å²) in [7, 11) is 0. The Kier molecular flexibility index (Phi) is 4.13. The lowest BCUT2D eigenvalue weighted by Crippen LogP contribution is -2.27. The maximum absolute atomic E-state index is 11.1. The minimum atomic E-state index is -1.14. The maximum Gasteiger partial charge on any atom is 0.339 e. The van der Waals surface area contributed by atoms with Crippen LogP contribution in [0.25, 0.3) is 0 Å². The zero-order chi connectivity index (χ0) is 14.5. The molecule has 20 heavy (non-hydrogen) atoms. The highest BCUT2D eigenvalue weighted by atomic mass is 35.5. The summed E-state index contributed by atoms with van der Waals surface area (Å²) in [5.74, 6) is -1.14. The molecule has 2 aromatic heterocycles. The predicted molar refractivity (Wildman–Crippen MR) is 70.9 cm³/mol. The molecule has 0 atom stereocenters. The first kappa shape index (κ1) is 13.8. The number of rotatable bonds is 3. The van der Waals surface area contributed by atoms with E-state index < -0.39 is 5.97 Å². The van der Waals surface area contributed by atoms with Crippen LogP contribution in [-0.4, -0.2) is 20.6 Å². The van der Waals surface area contributed by atoms with E-state index in [1.54, 1.807) is 41.4 Å². The molecule has 2 heterocycles. The van der Waals surface area contributed by atoms with Crippen LogP contribution in [-0.2, 0) is 6.54 Å². The molecule has 0 aliphatic carbocycles. The largest absolute Gasteiger partial charge is 0.478 e. The Morgan fingerprint density at radius 2 is 2.30 bits per heavy atom. The van der Waals surface area contributed by atoms with Gasteiger partial charge < -0.3 is 9.67 Å². The fourth-order valence-corrected chi connectivity index (χ4v) is 1.82. The van der Waals surface area contributed by atoms with Crippen molar-refractivity contribution in [1.29, 1.82) is 5.26 Å². The molecule has 2 rings (SSSR count). The lowest BCUT2D eigenvalue weighted by molar-refractivity contribution is 0.0694. The molecule has 7 heteroatoms. The summed E-state index contributed by atoms with van der Waals surface area (Å²) in [6.07, 6.45) is 4.85. The number of nitriles is 1. The van der Waals surface area contributed by atoms with Gasteiger partial charge in [0.15, 0.2) is 5.49 Å². The molecule has 0 unspecified atom stereocenters. The van der Waals surface area contributed by atoms with Crippen molar-refractivity contribution in [2.75, 3.05) is 0 Å². The number of carbonyl (C=O) groups is 1. The van der Waals surface area contributed by atoms with Crippen molar-refractivity contribution in [3.63, 3.8) is 0 Å². The molecular formula is C13H9ClN4O2. The molecular weight excluding hydrogens is 280 g/mol. The Bertz CT molecular complexity index is 744. The van der Waals surface area contributed by atoms with Crippen LogP contribution in [0.3, 0.4) is 0 Å². The number of aromatic carboxylic acids is 1. The standard InChI is InChI=1S/C13H9ClN4O2/c14-11-4-3-9(6-16-11)7-18-5-1-2-10(13(19)20)12(18)17-8-15/h1-6H,7H2,(H,19,20). The Labute approximate surface area is 119 Å². The minimum Gasteiger partial charge on any atom is -0.478 e. The summed E-state index contributed by atoms with van der Waals surface area (Å²) in [4.78, 5) is 18.7. The fraction of sp³-hybridized carbons (Fsp3) is 0.0769. The monoisotopic (exact) mass is 288 g/mol. The molecule has 0 saturated heterocycles. The average molecular weight is 289 g/mol. The molecule has 100 valence electrons. The Morgan fingerprint density at radius 1 is 1.50 bits per heavy atom.